The molecule has 0 aliphatic heterocycles. The van der Waals surface area contributed by atoms with Gasteiger partial charge in [-0.1, -0.05) is 37.6 Å². The number of hydrogen-bond donors (Lipinski definition) is 1. The van der Waals surface area contributed by atoms with Gasteiger partial charge in [0, 0.05) is 31.3 Å². The molecule has 174 valence electrons. The summed E-state index contributed by atoms with van der Waals surface area (Å²) in [5.74, 6) is 1.11. The van der Waals surface area contributed by atoms with Crippen molar-refractivity contribution in [2.75, 3.05) is 27.4 Å². The minimum Gasteiger partial charge on any atom is -0.496 e. The van der Waals surface area contributed by atoms with Gasteiger partial charge in [0.05, 0.1) is 14.2 Å². The van der Waals surface area contributed by atoms with Gasteiger partial charge < -0.3 is 24.4 Å². The van der Waals surface area contributed by atoms with E-state index in [9.17, 15) is 9.59 Å². The molecule has 7 nitrogen and oxygen atoms in total. The number of carbonyl (C=O) groups excluding carboxylic acids is 2. The van der Waals surface area contributed by atoms with Crippen molar-refractivity contribution in [1.82, 2.24) is 10.2 Å². The van der Waals surface area contributed by atoms with E-state index in [0.29, 0.717) is 30.3 Å². The molecule has 1 N–H and O–H groups in total. The van der Waals surface area contributed by atoms with Crippen molar-refractivity contribution in [3.05, 3.63) is 53.6 Å². The van der Waals surface area contributed by atoms with Crippen molar-refractivity contribution < 1.29 is 23.8 Å². The standard InChI is InChI=1S/C25H34N2O5/c1-6-7-12-26-25(29)19(3)27(16-20-11-9-8-10-18(20)2)24(28)17-32-23-14-21(30-4)13-22(15-23)31-5/h8-11,13-15,19H,6-7,12,16-17H2,1-5H3,(H,26,29). The number of hydrogen-bond acceptors (Lipinski definition) is 5. The normalized spacial score (nSPS) is 11.4. The van der Waals surface area contributed by atoms with E-state index in [0.717, 1.165) is 24.0 Å². The maximum absolute atomic E-state index is 13.2. The van der Waals surface area contributed by atoms with Crippen molar-refractivity contribution >= 4 is 11.8 Å². The lowest BCUT2D eigenvalue weighted by Gasteiger charge is -2.29. The van der Waals surface area contributed by atoms with E-state index in [1.165, 1.54) is 0 Å². The van der Waals surface area contributed by atoms with Gasteiger partial charge in [0.25, 0.3) is 5.91 Å². The predicted molar refractivity (Wildman–Crippen MR) is 124 cm³/mol. The number of amides is 2. The second kappa shape index (κ2) is 12.6. The number of methoxy groups -OCH3 is 2. The molecule has 0 aromatic heterocycles. The molecule has 0 aliphatic rings. The lowest BCUT2D eigenvalue weighted by molar-refractivity contribution is -0.142. The molecule has 0 saturated heterocycles. The molecule has 0 radical (unpaired) electrons. The molecule has 0 aliphatic carbocycles. The quantitative estimate of drug-likeness (QED) is 0.507. The number of carbonyl (C=O) groups is 2. The first-order valence-corrected chi connectivity index (χ1v) is 10.9. The van der Waals surface area contributed by atoms with Crippen molar-refractivity contribution in [1.29, 1.82) is 0 Å². The summed E-state index contributed by atoms with van der Waals surface area (Å²) < 4.78 is 16.3. The van der Waals surface area contributed by atoms with E-state index in [4.69, 9.17) is 14.2 Å². The van der Waals surface area contributed by atoms with Crippen molar-refractivity contribution in [3.63, 3.8) is 0 Å². The smallest absolute Gasteiger partial charge is 0.261 e. The third-order valence-electron chi connectivity index (χ3n) is 5.29. The number of rotatable bonds is 12. The fraction of sp³-hybridized carbons (Fsp3) is 0.440. The highest BCUT2D eigenvalue weighted by Gasteiger charge is 2.26. The topological polar surface area (TPSA) is 77.1 Å². The molecule has 0 saturated carbocycles. The summed E-state index contributed by atoms with van der Waals surface area (Å²) in [6.07, 6.45) is 1.88. The summed E-state index contributed by atoms with van der Waals surface area (Å²) in [5, 5.41) is 2.92. The van der Waals surface area contributed by atoms with Crippen LogP contribution in [0.15, 0.2) is 42.5 Å². The van der Waals surface area contributed by atoms with Crippen LogP contribution in [0.3, 0.4) is 0 Å². The van der Waals surface area contributed by atoms with Crippen LogP contribution in [0.5, 0.6) is 17.2 Å². The van der Waals surface area contributed by atoms with Gasteiger partial charge in [0.2, 0.25) is 5.91 Å². The molecule has 32 heavy (non-hydrogen) atoms. The molecule has 7 heteroatoms. The molecular weight excluding hydrogens is 408 g/mol. The summed E-state index contributed by atoms with van der Waals surface area (Å²) in [7, 11) is 3.10. The second-order valence-corrected chi connectivity index (χ2v) is 7.61. The Kier molecular flexibility index (Phi) is 9.85. The van der Waals surface area contributed by atoms with E-state index < -0.39 is 6.04 Å². The Morgan fingerprint density at radius 2 is 1.66 bits per heavy atom. The number of nitrogens with one attached hydrogen (secondary N) is 1. The van der Waals surface area contributed by atoms with Crippen LogP contribution in [-0.4, -0.2) is 50.1 Å². The monoisotopic (exact) mass is 442 g/mol. The third-order valence-corrected chi connectivity index (χ3v) is 5.29. The van der Waals surface area contributed by atoms with E-state index in [1.807, 2.05) is 31.2 Å². The molecule has 0 fully saturated rings. The first kappa shape index (κ1) is 25.0. The number of unbranched alkanes of at least 4 members (excludes halogenated alkanes) is 1. The highest BCUT2D eigenvalue weighted by atomic mass is 16.5. The molecule has 0 bridgehead atoms. The van der Waals surface area contributed by atoms with E-state index in [-0.39, 0.29) is 18.4 Å². The maximum Gasteiger partial charge on any atom is 0.261 e. The third kappa shape index (κ3) is 7.18. The summed E-state index contributed by atoms with van der Waals surface area (Å²) in [4.78, 5) is 27.4. The Hall–Kier alpha value is -3.22. The molecule has 1 atom stereocenters. The van der Waals surface area contributed by atoms with E-state index in [2.05, 4.69) is 12.2 Å². The van der Waals surface area contributed by atoms with Crippen molar-refractivity contribution in [2.24, 2.45) is 0 Å². The van der Waals surface area contributed by atoms with Crippen LogP contribution >= 0.6 is 0 Å². The molecule has 2 rings (SSSR count). The zero-order chi connectivity index (χ0) is 23.5. The fourth-order valence-corrected chi connectivity index (χ4v) is 3.18. The largest absolute Gasteiger partial charge is 0.496 e. The number of aryl methyl sites for hydroxylation is 1. The van der Waals surface area contributed by atoms with E-state index in [1.54, 1.807) is 44.2 Å². The van der Waals surface area contributed by atoms with Gasteiger partial charge in [-0.3, -0.25) is 9.59 Å². The van der Waals surface area contributed by atoms with Gasteiger partial charge in [-0.05, 0) is 31.4 Å². The molecule has 2 amide bonds. The molecule has 1 unspecified atom stereocenters. The number of nitrogens with zero attached hydrogens (tertiary/aromatic N) is 1. The van der Waals surface area contributed by atoms with Crippen LogP contribution in [0, 0.1) is 6.92 Å². The van der Waals surface area contributed by atoms with Gasteiger partial charge >= 0.3 is 0 Å². The van der Waals surface area contributed by atoms with Crippen LogP contribution in [0.2, 0.25) is 0 Å². The van der Waals surface area contributed by atoms with Crippen LogP contribution in [-0.2, 0) is 16.1 Å². The van der Waals surface area contributed by atoms with Gasteiger partial charge in [-0.25, -0.2) is 0 Å². The Morgan fingerprint density at radius 3 is 2.25 bits per heavy atom. The predicted octanol–water partition coefficient (Wildman–Crippen LogP) is 3.72. The molecular formula is C25H34N2O5. The van der Waals surface area contributed by atoms with Crippen LogP contribution in [0.4, 0.5) is 0 Å². The lowest BCUT2D eigenvalue weighted by atomic mass is 10.1. The first-order valence-electron chi connectivity index (χ1n) is 10.9. The van der Waals surface area contributed by atoms with Gasteiger partial charge in [-0.2, -0.15) is 0 Å². The number of ether oxygens (including phenoxy) is 3. The number of benzene rings is 2. The van der Waals surface area contributed by atoms with Crippen molar-refractivity contribution in [2.45, 2.75) is 46.2 Å². The Morgan fingerprint density at radius 1 is 1.03 bits per heavy atom. The highest BCUT2D eigenvalue weighted by Crippen LogP contribution is 2.27. The fourth-order valence-electron chi connectivity index (χ4n) is 3.18. The molecule has 2 aromatic rings. The molecule has 0 heterocycles. The average molecular weight is 443 g/mol. The zero-order valence-corrected chi connectivity index (χ0v) is 19.6. The van der Waals surface area contributed by atoms with Gasteiger partial charge in [0.1, 0.15) is 23.3 Å². The average Bonchev–Trinajstić information content (AvgIpc) is 2.81. The minimum absolute atomic E-state index is 0.177. The van der Waals surface area contributed by atoms with Crippen LogP contribution in [0.25, 0.3) is 0 Å². The summed E-state index contributed by atoms with van der Waals surface area (Å²) in [5.41, 5.74) is 2.04. The van der Waals surface area contributed by atoms with Gasteiger partial charge in [-0.15, -0.1) is 0 Å². The van der Waals surface area contributed by atoms with Gasteiger partial charge in [0.15, 0.2) is 6.61 Å². The zero-order valence-electron chi connectivity index (χ0n) is 19.6. The highest BCUT2D eigenvalue weighted by molar-refractivity contribution is 5.88. The van der Waals surface area contributed by atoms with Crippen LogP contribution < -0.4 is 19.5 Å². The minimum atomic E-state index is -0.637. The van der Waals surface area contributed by atoms with E-state index >= 15 is 0 Å². The Labute approximate surface area is 190 Å². The first-order chi connectivity index (χ1) is 15.4. The van der Waals surface area contributed by atoms with Crippen molar-refractivity contribution in [3.8, 4) is 17.2 Å². The second-order valence-electron chi connectivity index (χ2n) is 7.61. The Balaban J connectivity index is 2.17. The summed E-state index contributed by atoms with van der Waals surface area (Å²) in [6.45, 7) is 6.49. The summed E-state index contributed by atoms with van der Waals surface area (Å²) >= 11 is 0. The lowest BCUT2D eigenvalue weighted by Crippen LogP contribution is -2.49. The summed E-state index contributed by atoms with van der Waals surface area (Å²) in [6, 6.07) is 12.3. The van der Waals surface area contributed by atoms with Crippen LogP contribution in [0.1, 0.15) is 37.8 Å². The SMILES string of the molecule is CCCCNC(=O)C(C)N(Cc1ccccc1C)C(=O)COc1cc(OC)cc(OC)c1. The molecule has 0 spiro atoms. The molecule has 2 aromatic carbocycles. The Bertz CT molecular complexity index is 877. The maximum atomic E-state index is 13.2.